The van der Waals surface area contributed by atoms with Crippen molar-refractivity contribution >= 4 is 45.8 Å². The van der Waals surface area contributed by atoms with Gasteiger partial charge in [0.15, 0.2) is 0 Å². The first-order valence-corrected chi connectivity index (χ1v) is 9.32. The molecule has 8 heteroatoms. The number of nitrogens with zero attached hydrogens (tertiary/aromatic N) is 1. The number of ether oxygens (including phenoxy) is 2. The Morgan fingerprint density at radius 1 is 1.36 bits per heavy atom. The summed E-state index contributed by atoms with van der Waals surface area (Å²) in [4.78, 5) is 25.9. The summed E-state index contributed by atoms with van der Waals surface area (Å²) < 4.78 is 11.0. The summed E-state index contributed by atoms with van der Waals surface area (Å²) in [7, 11) is 3.10. The van der Waals surface area contributed by atoms with Crippen LogP contribution in [-0.2, 0) is 9.59 Å². The van der Waals surface area contributed by atoms with Gasteiger partial charge < -0.3 is 14.8 Å². The standard InChI is InChI=1S/C17H22N2O4S2/c1-4-14-16(21)19(17(24)25-14)9-5-6-15(20)18-12-8-7-11(22-2)10-13(12)23-3/h7-8,10,14H,4-6,9H2,1-3H3,(H,18,20). The van der Waals surface area contributed by atoms with Crippen LogP contribution in [0.4, 0.5) is 5.69 Å². The summed E-state index contributed by atoms with van der Waals surface area (Å²) in [6.45, 7) is 2.44. The zero-order valence-corrected chi connectivity index (χ0v) is 16.2. The van der Waals surface area contributed by atoms with E-state index in [2.05, 4.69) is 5.32 Å². The summed E-state index contributed by atoms with van der Waals surface area (Å²) >= 11 is 6.67. The highest BCUT2D eigenvalue weighted by molar-refractivity contribution is 8.24. The smallest absolute Gasteiger partial charge is 0.241 e. The number of thiocarbonyl (C=S) groups is 1. The van der Waals surface area contributed by atoms with Crippen molar-refractivity contribution in [3.05, 3.63) is 18.2 Å². The van der Waals surface area contributed by atoms with Crippen LogP contribution in [0.3, 0.4) is 0 Å². The van der Waals surface area contributed by atoms with E-state index < -0.39 is 0 Å². The zero-order chi connectivity index (χ0) is 18.4. The predicted molar refractivity (Wildman–Crippen MR) is 103 cm³/mol. The number of anilines is 1. The average molecular weight is 383 g/mol. The number of carbonyl (C=O) groups excluding carboxylic acids is 2. The average Bonchev–Trinajstić information content (AvgIpc) is 2.89. The number of carbonyl (C=O) groups is 2. The molecule has 1 aliphatic heterocycles. The molecule has 0 aromatic heterocycles. The van der Waals surface area contributed by atoms with Crippen LogP contribution < -0.4 is 14.8 Å². The number of rotatable bonds is 8. The fraction of sp³-hybridized carbons (Fsp3) is 0.471. The molecular formula is C17H22N2O4S2. The van der Waals surface area contributed by atoms with Crippen molar-refractivity contribution in [1.29, 1.82) is 0 Å². The monoisotopic (exact) mass is 382 g/mol. The van der Waals surface area contributed by atoms with Crippen LogP contribution in [0, 0.1) is 0 Å². The van der Waals surface area contributed by atoms with E-state index >= 15 is 0 Å². The fourth-order valence-electron chi connectivity index (χ4n) is 2.47. The molecule has 1 heterocycles. The Morgan fingerprint density at radius 2 is 2.12 bits per heavy atom. The summed E-state index contributed by atoms with van der Waals surface area (Å²) in [5, 5.41) is 2.74. The van der Waals surface area contributed by atoms with E-state index in [1.807, 2.05) is 6.92 Å². The van der Waals surface area contributed by atoms with E-state index in [0.29, 0.717) is 40.9 Å². The Morgan fingerprint density at radius 3 is 2.72 bits per heavy atom. The molecule has 1 fully saturated rings. The van der Waals surface area contributed by atoms with Crippen LogP contribution in [0.25, 0.3) is 0 Å². The molecular weight excluding hydrogens is 360 g/mol. The second-order valence-corrected chi connectivity index (χ2v) is 7.33. The third kappa shape index (κ3) is 4.85. The SMILES string of the molecule is CCC1SC(=S)N(CCCC(=O)Nc2ccc(OC)cc2OC)C1=O. The number of methoxy groups -OCH3 is 2. The summed E-state index contributed by atoms with van der Waals surface area (Å²) in [6.07, 6.45) is 1.61. The van der Waals surface area contributed by atoms with Crippen molar-refractivity contribution in [2.24, 2.45) is 0 Å². The molecule has 0 aliphatic carbocycles. The minimum absolute atomic E-state index is 0.0507. The molecule has 25 heavy (non-hydrogen) atoms. The van der Waals surface area contributed by atoms with Gasteiger partial charge in [0.1, 0.15) is 15.8 Å². The Kier molecular flexibility index (Phi) is 7.07. The van der Waals surface area contributed by atoms with Gasteiger partial charge in [-0.15, -0.1) is 0 Å². The first kappa shape index (κ1) is 19.5. The maximum absolute atomic E-state index is 12.2. The minimum Gasteiger partial charge on any atom is -0.497 e. The highest BCUT2D eigenvalue weighted by Gasteiger charge is 2.35. The first-order chi connectivity index (χ1) is 12.0. The number of benzene rings is 1. The molecule has 0 spiro atoms. The number of amides is 2. The van der Waals surface area contributed by atoms with Crippen LogP contribution in [-0.4, -0.2) is 47.0 Å². The van der Waals surface area contributed by atoms with Crippen LogP contribution in [0.2, 0.25) is 0 Å². The molecule has 1 saturated heterocycles. The van der Waals surface area contributed by atoms with Crippen molar-refractivity contribution < 1.29 is 19.1 Å². The van der Waals surface area contributed by atoms with Crippen molar-refractivity contribution in [2.45, 2.75) is 31.4 Å². The molecule has 0 bridgehead atoms. The van der Waals surface area contributed by atoms with Gasteiger partial charge in [-0.1, -0.05) is 30.9 Å². The molecule has 2 rings (SSSR count). The Bertz CT molecular complexity index is 666. The van der Waals surface area contributed by atoms with Gasteiger partial charge in [-0.05, 0) is 25.0 Å². The molecule has 6 nitrogen and oxygen atoms in total. The third-order valence-corrected chi connectivity index (χ3v) is 5.59. The quantitative estimate of drug-likeness (QED) is 0.697. The van der Waals surface area contributed by atoms with Crippen LogP contribution in [0.5, 0.6) is 11.5 Å². The molecule has 1 aromatic carbocycles. The molecule has 1 atom stereocenters. The Labute approximate surface area is 157 Å². The van der Waals surface area contributed by atoms with E-state index in [0.717, 1.165) is 6.42 Å². The summed E-state index contributed by atoms with van der Waals surface area (Å²) in [5.74, 6) is 1.10. The van der Waals surface area contributed by atoms with Gasteiger partial charge in [0, 0.05) is 19.0 Å². The lowest BCUT2D eigenvalue weighted by Gasteiger charge is -2.15. The molecule has 1 aromatic rings. The topological polar surface area (TPSA) is 67.9 Å². The molecule has 1 aliphatic rings. The first-order valence-electron chi connectivity index (χ1n) is 8.04. The van der Waals surface area contributed by atoms with Gasteiger partial charge in [-0.25, -0.2) is 0 Å². The van der Waals surface area contributed by atoms with Crippen LogP contribution >= 0.6 is 24.0 Å². The predicted octanol–water partition coefficient (Wildman–Crippen LogP) is 3.06. The molecule has 0 saturated carbocycles. The highest BCUT2D eigenvalue weighted by Crippen LogP contribution is 2.30. The van der Waals surface area contributed by atoms with Crippen molar-refractivity contribution in [3.63, 3.8) is 0 Å². The number of thioether (sulfide) groups is 1. The Balaban J connectivity index is 1.85. The lowest BCUT2D eigenvalue weighted by atomic mass is 10.2. The second-order valence-electron chi connectivity index (χ2n) is 5.49. The molecule has 136 valence electrons. The molecule has 0 radical (unpaired) electrons. The van der Waals surface area contributed by atoms with Crippen molar-refractivity contribution in [2.75, 3.05) is 26.1 Å². The summed E-state index contributed by atoms with van der Waals surface area (Å²) in [6, 6.07) is 5.19. The van der Waals surface area contributed by atoms with Gasteiger partial charge in [0.2, 0.25) is 11.8 Å². The van der Waals surface area contributed by atoms with Gasteiger partial charge >= 0.3 is 0 Å². The van der Waals surface area contributed by atoms with E-state index in [9.17, 15) is 9.59 Å². The molecule has 1 N–H and O–H groups in total. The van der Waals surface area contributed by atoms with Gasteiger partial charge in [-0.2, -0.15) is 0 Å². The third-order valence-electron chi connectivity index (χ3n) is 3.84. The molecule has 1 unspecified atom stereocenters. The van der Waals surface area contributed by atoms with Gasteiger partial charge in [-0.3, -0.25) is 14.5 Å². The molecule has 2 amide bonds. The zero-order valence-electron chi connectivity index (χ0n) is 14.5. The normalized spacial score (nSPS) is 16.9. The largest absolute Gasteiger partial charge is 0.497 e. The second kappa shape index (κ2) is 9.05. The maximum atomic E-state index is 12.2. The lowest BCUT2D eigenvalue weighted by molar-refractivity contribution is -0.126. The van der Waals surface area contributed by atoms with Gasteiger partial charge in [0.05, 0.1) is 25.2 Å². The maximum Gasteiger partial charge on any atom is 0.241 e. The van der Waals surface area contributed by atoms with Crippen LogP contribution in [0.1, 0.15) is 26.2 Å². The number of hydrogen-bond donors (Lipinski definition) is 1. The van der Waals surface area contributed by atoms with Crippen LogP contribution in [0.15, 0.2) is 18.2 Å². The number of hydrogen-bond acceptors (Lipinski definition) is 6. The highest BCUT2D eigenvalue weighted by atomic mass is 32.2. The summed E-state index contributed by atoms with van der Waals surface area (Å²) in [5.41, 5.74) is 0.586. The van der Waals surface area contributed by atoms with Gasteiger partial charge in [0.25, 0.3) is 0 Å². The minimum atomic E-state index is -0.138. The van der Waals surface area contributed by atoms with E-state index in [1.165, 1.54) is 18.9 Å². The lowest BCUT2D eigenvalue weighted by Crippen LogP contribution is -2.32. The van der Waals surface area contributed by atoms with Crippen molar-refractivity contribution in [1.82, 2.24) is 4.90 Å². The Hall–Kier alpha value is -1.80. The number of nitrogens with one attached hydrogen (secondary N) is 1. The van der Waals surface area contributed by atoms with E-state index in [4.69, 9.17) is 21.7 Å². The van der Waals surface area contributed by atoms with E-state index in [-0.39, 0.29) is 17.1 Å². The fourth-order valence-corrected chi connectivity index (χ4v) is 3.95. The van der Waals surface area contributed by atoms with Crippen molar-refractivity contribution in [3.8, 4) is 11.5 Å². The van der Waals surface area contributed by atoms with E-state index in [1.54, 1.807) is 30.2 Å².